The van der Waals surface area contributed by atoms with Crippen molar-refractivity contribution in [2.24, 2.45) is 0 Å². The van der Waals surface area contributed by atoms with Crippen LogP contribution in [0.1, 0.15) is 62.3 Å². The van der Waals surface area contributed by atoms with Crippen LogP contribution in [-0.4, -0.2) is 41.0 Å². The molecule has 0 unspecified atom stereocenters. The van der Waals surface area contributed by atoms with Gasteiger partial charge in [0.25, 0.3) is 5.91 Å². The van der Waals surface area contributed by atoms with Crippen LogP contribution in [-0.2, 0) is 10.2 Å². The summed E-state index contributed by atoms with van der Waals surface area (Å²) in [6.07, 6.45) is 1.18. The van der Waals surface area contributed by atoms with Gasteiger partial charge in [-0.3, -0.25) is 9.59 Å². The summed E-state index contributed by atoms with van der Waals surface area (Å²) in [7, 11) is 3.13. The first-order chi connectivity index (χ1) is 16.6. The lowest BCUT2D eigenvalue weighted by Crippen LogP contribution is -2.18. The largest absolute Gasteiger partial charge is 0.497 e. The van der Waals surface area contributed by atoms with Gasteiger partial charge in [0, 0.05) is 23.9 Å². The second kappa shape index (κ2) is 10.6. The molecule has 1 aromatic heterocycles. The van der Waals surface area contributed by atoms with Crippen LogP contribution in [0.25, 0.3) is 5.69 Å². The Morgan fingerprint density at radius 1 is 1.00 bits per heavy atom. The molecular weight excluding hydrogens is 446 g/mol. The van der Waals surface area contributed by atoms with Gasteiger partial charge >= 0.3 is 0 Å². The number of hydrogen-bond acceptors (Lipinski definition) is 6. The Balaban J connectivity index is 1.93. The van der Waals surface area contributed by atoms with E-state index in [-0.39, 0.29) is 17.0 Å². The number of carbonyl (C=O) groups is 2. The fourth-order valence-electron chi connectivity index (χ4n) is 3.58. The minimum atomic E-state index is -0.410. The van der Waals surface area contributed by atoms with Gasteiger partial charge in [-0.25, -0.2) is 4.68 Å². The molecule has 9 heteroatoms. The molecule has 35 heavy (non-hydrogen) atoms. The predicted molar refractivity (Wildman–Crippen MR) is 136 cm³/mol. The number of benzene rings is 2. The summed E-state index contributed by atoms with van der Waals surface area (Å²) >= 11 is 0. The van der Waals surface area contributed by atoms with Crippen molar-refractivity contribution in [3.05, 3.63) is 53.3 Å². The standard InChI is InChI=1S/C26H33N5O4/c1-8-9-23(32)27-18-12-17(26(3,4)5)13-19(14-18)28-25(33)24-16(2)31(30-29-24)21-15-20(34-6)10-11-22(21)35-7/h10-15H,8-9H2,1-7H3,(H,27,32)(H,28,33). The van der Waals surface area contributed by atoms with E-state index in [4.69, 9.17) is 9.47 Å². The number of nitrogens with zero attached hydrogens (tertiary/aromatic N) is 3. The first-order valence-corrected chi connectivity index (χ1v) is 11.5. The summed E-state index contributed by atoms with van der Waals surface area (Å²) in [6, 6.07) is 10.9. The molecule has 9 nitrogen and oxygen atoms in total. The lowest BCUT2D eigenvalue weighted by atomic mass is 9.86. The Bertz CT molecular complexity index is 1230. The molecule has 2 amide bonds. The third kappa shape index (κ3) is 5.98. The summed E-state index contributed by atoms with van der Waals surface area (Å²) in [6.45, 7) is 9.93. The minimum Gasteiger partial charge on any atom is -0.497 e. The highest BCUT2D eigenvalue weighted by Gasteiger charge is 2.22. The van der Waals surface area contributed by atoms with Crippen molar-refractivity contribution in [2.45, 2.75) is 52.9 Å². The van der Waals surface area contributed by atoms with E-state index in [0.717, 1.165) is 12.0 Å². The highest BCUT2D eigenvalue weighted by Crippen LogP contribution is 2.30. The normalized spacial score (nSPS) is 11.2. The lowest BCUT2D eigenvalue weighted by molar-refractivity contribution is -0.116. The number of hydrogen-bond donors (Lipinski definition) is 2. The molecule has 0 fully saturated rings. The lowest BCUT2D eigenvalue weighted by Gasteiger charge is -2.21. The molecule has 0 saturated heterocycles. The smallest absolute Gasteiger partial charge is 0.278 e. The molecule has 3 aromatic rings. The van der Waals surface area contributed by atoms with E-state index in [1.54, 1.807) is 45.4 Å². The van der Waals surface area contributed by atoms with Crippen molar-refractivity contribution in [1.29, 1.82) is 0 Å². The van der Waals surface area contributed by atoms with E-state index in [1.807, 2.05) is 19.1 Å². The molecule has 0 aliphatic carbocycles. The third-order valence-electron chi connectivity index (χ3n) is 5.54. The number of anilines is 2. The number of aromatic nitrogens is 3. The van der Waals surface area contributed by atoms with Gasteiger partial charge in [0.05, 0.1) is 19.9 Å². The molecule has 0 aliphatic rings. The van der Waals surface area contributed by atoms with Gasteiger partial charge in [-0.2, -0.15) is 0 Å². The molecule has 0 atom stereocenters. The van der Waals surface area contributed by atoms with Crippen LogP contribution in [0, 0.1) is 6.92 Å². The van der Waals surface area contributed by atoms with Crippen molar-refractivity contribution in [3.8, 4) is 17.2 Å². The van der Waals surface area contributed by atoms with E-state index < -0.39 is 5.91 Å². The fourth-order valence-corrected chi connectivity index (χ4v) is 3.58. The Kier molecular flexibility index (Phi) is 7.78. The SMILES string of the molecule is CCCC(=O)Nc1cc(NC(=O)c2nnn(-c3cc(OC)ccc3OC)c2C)cc(C(C)(C)C)c1. The Hall–Kier alpha value is -3.88. The van der Waals surface area contributed by atoms with Gasteiger partial charge in [-0.05, 0) is 54.7 Å². The quantitative estimate of drug-likeness (QED) is 0.477. The molecule has 1 heterocycles. The summed E-state index contributed by atoms with van der Waals surface area (Å²) < 4.78 is 12.3. The topological polar surface area (TPSA) is 107 Å². The summed E-state index contributed by atoms with van der Waals surface area (Å²) in [5, 5.41) is 14.1. The van der Waals surface area contributed by atoms with Crippen LogP contribution in [0.3, 0.4) is 0 Å². The van der Waals surface area contributed by atoms with Crippen molar-refractivity contribution in [3.63, 3.8) is 0 Å². The summed E-state index contributed by atoms with van der Waals surface area (Å²) in [5.74, 6) is 0.712. The maximum Gasteiger partial charge on any atom is 0.278 e. The van der Waals surface area contributed by atoms with Gasteiger partial charge in [0.1, 0.15) is 17.2 Å². The van der Waals surface area contributed by atoms with E-state index in [9.17, 15) is 9.59 Å². The average molecular weight is 480 g/mol. The summed E-state index contributed by atoms with van der Waals surface area (Å²) in [5.41, 5.74) is 3.29. The van der Waals surface area contributed by atoms with Crippen LogP contribution >= 0.6 is 0 Å². The van der Waals surface area contributed by atoms with Gasteiger partial charge in [-0.1, -0.05) is 32.9 Å². The van der Waals surface area contributed by atoms with Crippen molar-refractivity contribution in [1.82, 2.24) is 15.0 Å². The van der Waals surface area contributed by atoms with E-state index in [0.29, 0.717) is 40.7 Å². The minimum absolute atomic E-state index is 0.0677. The van der Waals surface area contributed by atoms with Crippen molar-refractivity contribution in [2.75, 3.05) is 24.9 Å². The number of methoxy groups -OCH3 is 2. The number of carbonyl (C=O) groups excluding carboxylic acids is 2. The van der Waals surface area contributed by atoms with Crippen molar-refractivity contribution < 1.29 is 19.1 Å². The first kappa shape index (κ1) is 25.7. The number of amides is 2. The van der Waals surface area contributed by atoms with Crippen LogP contribution in [0.15, 0.2) is 36.4 Å². The summed E-state index contributed by atoms with van der Waals surface area (Å²) in [4.78, 5) is 25.4. The van der Waals surface area contributed by atoms with Crippen LogP contribution < -0.4 is 20.1 Å². The highest BCUT2D eigenvalue weighted by atomic mass is 16.5. The molecule has 186 valence electrons. The van der Waals surface area contributed by atoms with Crippen LogP contribution in [0.5, 0.6) is 11.5 Å². The number of nitrogens with one attached hydrogen (secondary N) is 2. The maximum atomic E-state index is 13.2. The third-order valence-corrected chi connectivity index (χ3v) is 5.54. The fraction of sp³-hybridized carbons (Fsp3) is 0.385. The molecule has 0 aliphatic heterocycles. The van der Waals surface area contributed by atoms with E-state index >= 15 is 0 Å². The van der Waals surface area contributed by atoms with Gasteiger partial charge in [0.15, 0.2) is 5.69 Å². The Morgan fingerprint density at radius 3 is 2.29 bits per heavy atom. The average Bonchev–Trinajstić information content (AvgIpc) is 3.19. The van der Waals surface area contributed by atoms with Gasteiger partial charge in [0.2, 0.25) is 5.91 Å². The molecule has 2 aromatic carbocycles. The van der Waals surface area contributed by atoms with Crippen LogP contribution in [0.4, 0.5) is 11.4 Å². The number of rotatable bonds is 8. The molecule has 3 rings (SSSR count). The zero-order valence-corrected chi connectivity index (χ0v) is 21.4. The Morgan fingerprint density at radius 2 is 1.69 bits per heavy atom. The Labute approximate surface area is 205 Å². The van der Waals surface area contributed by atoms with E-state index in [2.05, 4.69) is 41.7 Å². The molecular formula is C26H33N5O4. The number of ether oxygens (including phenoxy) is 2. The first-order valence-electron chi connectivity index (χ1n) is 11.5. The van der Waals surface area contributed by atoms with Crippen molar-refractivity contribution >= 4 is 23.2 Å². The monoisotopic (exact) mass is 479 g/mol. The predicted octanol–water partition coefficient (Wildman–Crippen LogP) is 4.88. The molecule has 0 spiro atoms. The molecule has 2 N–H and O–H groups in total. The van der Waals surface area contributed by atoms with Gasteiger partial charge < -0.3 is 20.1 Å². The molecule has 0 saturated carbocycles. The van der Waals surface area contributed by atoms with Crippen LogP contribution in [0.2, 0.25) is 0 Å². The zero-order valence-electron chi connectivity index (χ0n) is 21.4. The molecule has 0 bridgehead atoms. The molecule has 0 radical (unpaired) electrons. The second-order valence-corrected chi connectivity index (χ2v) is 9.27. The highest BCUT2D eigenvalue weighted by molar-refractivity contribution is 6.04. The maximum absolute atomic E-state index is 13.2. The van der Waals surface area contributed by atoms with E-state index in [1.165, 1.54) is 4.68 Å². The second-order valence-electron chi connectivity index (χ2n) is 9.27. The zero-order chi connectivity index (χ0) is 25.8. The van der Waals surface area contributed by atoms with Gasteiger partial charge in [-0.15, -0.1) is 5.10 Å².